The van der Waals surface area contributed by atoms with Gasteiger partial charge in [-0.2, -0.15) is 0 Å². The molecule has 0 atom stereocenters. The van der Waals surface area contributed by atoms with Gasteiger partial charge in [0.1, 0.15) is 5.82 Å². The van der Waals surface area contributed by atoms with Gasteiger partial charge in [0.15, 0.2) is 11.3 Å². The Morgan fingerprint density at radius 3 is 2.16 bits per heavy atom. The molecule has 0 amide bonds. The Labute approximate surface area is 221 Å². The number of sulfonamides is 1. The number of aromatic nitrogens is 5. The van der Waals surface area contributed by atoms with Crippen molar-refractivity contribution in [3.05, 3.63) is 54.1 Å². The molecule has 0 saturated heterocycles. The number of hydrogen-bond donors (Lipinski definition) is 1. The lowest BCUT2D eigenvalue weighted by Crippen LogP contribution is -2.59. The molecule has 3 heterocycles. The Kier molecular flexibility index (Phi) is 4.87. The van der Waals surface area contributed by atoms with Gasteiger partial charge in [0.2, 0.25) is 10.0 Å². The van der Waals surface area contributed by atoms with E-state index in [0.717, 1.165) is 62.8 Å². The molecule has 8 rings (SSSR count). The summed E-state index contributed by atoms with van der Waals surface area (Å²) < 4.78 is 58.6. The number of fused-ring (bicyclic) bond motifs is 6. The van der Waals surface area contributed by atoms with Crippen LogP contribution in [0.5, 0.6) is 0 Å². The lowest BCUT2D eigenvalue weighted by Gasteiger charge is -2.52. The standard InChI is InChI=1S/C26H30N6O4S2/c1-18-3-5-19(6-4-18)37(33,34)31-16-7-20-22(31)27-17-21-28-29-23(32(20)21)25-10-13-26(14-11-25,15-12-25)30-38(35,36)24(2)8-9-24/h3-7,16-17,30H,8-15H2,1-2H3. The van der Waals surface area contributed by atoms with Gasteiger partial charge >= 0.3 is 0 Å². The Bertz CT molecular complexity index is 1790. The first-order valence-electron chi connectivity index (χ1n) is 13.1. The van der Waals surface area contributed by atoms with Crippen LogP contribution in [0.1, 0.15) is 69.7 Å². The molecule has 200 valence electrons. The number of benzene rings is 1. The molecule has 4 aliphatic carbocycles. The topological polar surface area (TPSA) is 128 Å². The summed E-state index contributed by atoms with van der Waals surface area (Å²) in [7, 11) is -7.20. The zero-order valence-corrected chi connectivity index (χ0v) is 23.0. The van der Waals surface area contributed by atoms with Gasteiger partial charge in [-0.3, -0.25) is 4.40 Å². The van der Waals surface area contributed by atoms with Crippen molar-refractivity contribution in [1.29, 1.82) is 0 Å². The fraction of sp³-hybridized carbons (Fsp3) is 0.500. The minimum Gasteiger partial charge on any atom is -0.274 e. The van der Waals surface area contributed by atoms with Crippen molar-refractivity contribution in [3.63, 3.8) is 0 Å². The molecule has 2 bridgehead atoms. The normalized spacial score (nSPS) is 26.8. The average Bonchev–Trinajstić information content (AvgIpc) is 3.31. The van der Waals surface area contributed by atoms with Crippen LogP contribution in [-0.4, -0.2) is 50.7 Å². The van der Waals surface area contributed by atoms with Crippen LogP contribution in [0.15, 0.2) is 47.6 Å². The van der Waals surface area contributed by atoms with Crippen LogP contribution in [-0.2, 0) is 25.5 Å². The molecule has 38 heavy (non-hydrogen) atoms. The van der Waals surface area contributed by atoms with E-state index >= 15 is 0 Å². The molecule has 4 aliphatic rings. The molecule has 4 aromatic rings. The molecule has 4 fully saturated rings. The van der Waals surface area contributed by atoms with Crippen LogP contribution in [0.25, 0.3) is 16.8 Å². The van der Waals surface area contributed by atoms with E-state index in [2.05, 4.69) is 19.9 Å². The van der Waals surface area contributed by atoms with Crippen LogP contribution in [0.2, 0.25) is 0 Å². The fourth-order valence-corrected chi connectivity index (χ4v) is 9.38. The Morgan fingerprint density at radius 2 is 1.53 bits per heavy atom. The smallest absolute Gasteiger partial charge is 0.269 e. The quantitative estimate of drug-likeness (QED) is 0.387. The van der Waals surface area contributed by atoms with Gasteiger partial charge in [0, 0.05) is 17.2 Å². The predicted octanol–water partition coefficient (Wildman–Crippen LogP) is 3.44. The van der Waals surface area contributed by atoms with Crippen LogP contribution in [0.4, 0.5) is 0 Å². The molecule has 0 radical (unpaired) electrons. The largest absolute Gasteiger partial charge is 0.274 e. The van der Waals surface area contributed by atoms with Crippen molar-refractivity contribution < 1.29 is 16.8 Å². The van der Waals surface area contributed by atoms with Gasteiger partial charge in [-0.15, -0.1) is 10.2 Å². The van der Waals surface area contributed by atoms with Gasteiger partial charge in [0.05, 0.1) is 21.4 Å². The van der Waals surface area contributed by atoms with Gasteiger partial charge < -0.3 is 0 Å². The molecule has 3 aromatic heterocycles. The lowest BCUT2D eigenvalue weighted by molar-refractivity contribution is 0.0880. The van der Waals surface area contributed by atoms with E-state index in [4.69, 9.17) is 0 Å². The highest BCUT2D eigenvalue weighted by Crippen LogP contribution is 2.54. The maximum absolute atomic E-state index is 13.5. The zero-order valence-electron chi connectivity index (χ0n) is 21.4. The van der Waals surface area contributed by atoms with Crippen molar-refractivity contribution in [2.75, 3.05) is 0 Å². The first kappa shape index (κ1) is 24.2. The third-order valence-electron chi connectivity index (χ3n) is 9.29. The fourth-order valence-electron chi connectivity index (χ4n) is 6.32. The van der Waals surface area contributed by atoms with Crippen molar-refractivity contribution >= 4 is 36.9 Å². The predicted molar refractivity (Wildman–Crippen MR) is 142 cm³/mol. The van der Waals surface area contributed by atoms with E-state index in [0.29, 0.717) is 16.8 Å². The Hall–Kier alpha value is -2.83. The zero-order chi connectivity index (χ0) is 26.6. The van der Waals surface area contributed by atoms with Crippen molar-refractivity contribution in [1.82, 2.24) is 28.3 Å². The summed E-state index contributed by atoms with van der Waals surface area (Å²) in [6, 6.07) is 8.51. The SMILES string of the molecule is Cc1ccc(S(=O)(=O)n2ccc3c2ncc2nnc(C45CCC(NS(=O)(=O)C6(C)CC6)(CC4)CC5)n23)cc1. The average molecular weight is 555 g/mol. The molecule has 0 unspecified atom stereocenters. The number of nitrogens with zero attached hydrogens (tertiary/aromatic N) is 5. The van der Waals surface area contributed by atoms with Crippen molar-refractivity contribution in [3.8, 4) is 0 Å². The molecule has 10 nitrogen and oxygen atoms in total. The van der Waals surface area contributed by atoms with Crippen LogP contribution >= 0.6 is 0 Å². The second-order valence-electron chi connectivity index (χ2n) is 11.7. The van der Waals surface area contributed by atoms with Gasteiger partial charge in [-0.25, -0.2) is 30.5 Å². The van der Waals surface area contributed by atoms with Gasteiger partial charge in [-0.1, -0.05) is 17.7 Å². The Balaban J connectivity index is 1.26. The minimum absolute atomic E-state index is 0.198. The van der Waals surface area contributed by atoms with Crippen LogP contribution < -0.4 is 4.72 Å². The first-order valence-corrected chi connectivity index (χ1v) is 16.0. The summed E-state index contributed by atoms with van der Waals surface area (Å²) in [6.07, 6.45) is 9.15. The molecule has 1 aromatic carbocycles. The maximum atomic E-state index is 13.5. The third-order valence-corrected chi connectivity index (χ3v) is 13.4. The summed E-state index contributed by atoms with van der Waals surface area (Å²) in [5, 5.41) is 8.99. The summed E-state index contributed by atoms with van der Waals surface area (Å²) in [4.78, 5) is 4.66. The van der Waals surface area contributed by atoms with E-state index < -0.39 is 30.3 Å². The maximum Gasteiger partial charge on any atom is 0.269 e. The summed E-state index contributed by atoms with van der Waals surface area (Å²) in [5.74, 6) is 0.802. The summed E-state index contributed by atoms with van der Waals surface area (Å²) in [6.45, 7) is 3.74. The lowest BCUT2D eigenvalue weighted by atomic mass is 9.57. The number of rotatable bonds is 6. The molecule has 1 N–H and O–H groups in total. The van der Waals surface area contributed by atoms with Gasteiger partial charge in [-0.05, 0) is 83.4 Å². The highest BCUT2D eigenvalue weighted by Gasteiger charge is 2.57. The number of hydrogen-bond acceptors (Lipinski definition) is 7. The van der Waals surface area contributed by atoms with E-state index in [9.17, 15) is 16.8 Å². The van der Waals surface area contributed by atoms with Crippen molar-refractivity contribution in [2.45, 2.75) is 85.8 Å². The number of nitrogens with one attached hydrogen (secondary N) is 1. The molecular weight excluding hydrogens is 524 g/mol. The molecule has 0 aliphatic heterocycles. The van der Waals surface area contributed by atoms with E-state index in [1.54, 1.807) is 36.5 Å². The molecule has 4 saturated carbocycles. The molecule has 0 spiro atoms. The monoisotopic (exact) mass is 554 g/mol. The number of aryl methyl sites for hydroxylation is 1. The Morgan fingerprint density at radius 1 is 0.868 bits per heavy atom. The third kappa shape index (κ3) is 3.35. The van der Waals surface area contributed by atoms with E-state index in [1.165, 1.54) is 10.2 Å². The van der Waals surface area contributed by atoms with Crippen LogP contribution in [0.3, 0.4) is 0 Å². The molecule has 12 heteroatoms. The molecular formula is C26H30N6O4S2. The van der Waals surface area contributed by atoms with Crippen molar-refractivity contribution in [2.24, 2.45) is 0 Å². The highest BCUT2D eigenvalue weighted by molar-refractivity contribution is 7.91. The summed E-state index contributed by atoms with van der Waals surface area (Å²) >= 11 is 0. The summed E-state index contributed by atoms with van der Waals surface area (Å²) in [5.41, 5.74) is 1.86. The highest BCUT2D eigenvalue weighted by atomic mass is 32.2. The second-order valence-corrected chi connectivity index (χ2v) is 15.7. The first-order chi connectivity index (χ1) is 18.0. The van der Waals surface area contributed by atoms with E-state index in [1.807, 2.05) is 18.2 Å². The van der Waals surface area contributed by atoms with Crippen LogP contribution in [0, 0.1) is 6.92 Å². The second kappa shape index (κ2) is 7.64. The van der Waals surface area contributed by atoms with Gasteiger partial charge in [0.25, 0.3) is 10.0 Å². The van der Waals surface area contributed by atoms with E-state index in [-0.39, 0.29) is 10.3 Å². The minimum atomic E-state index is -3.84.